The predicted molar refractivity (Wildman–Crippen MR) is 102 cm³/mol. The van der Waals surface area contributed by atoms with E-state index in [9.17, 15) is 9.59 Å². The molecular formula is C19H23ClN4O2. The highest BCUT2D eigenvalue weighted by atomic mass is 35.5. The maximum atomic E-state index is 12.7. The van der Waals surface area contributed by atoms with Crippen molar-refractivity contribution in [2.24, 2.45) is 0 Å². The lowest BCUT2D eigenvalue weighted by Gasteiger charge is -2.29. The molecule has 26 heavy (non-hydrogen) atoms. The zero-order valence-electron chi connectivity index (χ0n) is 14.6. The van der Waals surface area contributed by atoms with Crippen LogP contribution in [0.1, 0.15) is 41.9 Å². The first-order valence-electron chi connectivity index (χ1n) is 8.83. The van der Waals surface area contributed by atoms with Gasteiger partial charge in [0.1, 0.15) is 0 Å². The second-order valence-corrected chi connectivity index (χ2v) is 7.03. The fraction of sp³-hybridized carbons (Fsp3) is 0.421. The highest BCUT2D eigenvalue weighted by molar-refractivity contribution is 5.92. The topological polar surface area (TPSA) is 76.0 Å². The van der Waals surface area contributed by atoms with Crippen LogP contribution in [0.3, 0.4) is 0 Å². The minimum Gasteiger partial charge on any atom is -0.348 e. The van der Waals surface area contributed by atoms with Crippen molar-refractivity contribution in [3.05, 3.63) is 58.0 Å². The lowest BCUT2D eigenvalue weighted by Crippen LogP contribution is -2.48. The van der Waals surface area contributed by atoms with Crippen molar-refractivity contribution in [1.82, 2.24) is 20.4 Å². The smallest absolute Gasteiger partial charge is 0.276 e. The number of hydrogen-bond acceptors (Lipinski definition) is 4. The molecule has 138 valence electrons. The summed E-state index contributed by atoms with van der Waals surface area (Å²) in [4.78, 5) is 25.0. The summed E-state index contributed by atoms with van der Waals surface area (Å²) in [6.07, 6.45) is 4.17. The van der Waals surface area contributed by atoms with Gasteiger partial charge in [-0.2, -0.15) is 5.10 Å². The molecule has 3 heterocycles. The maximum absolute atomic E-state index is 12.7. The third-order valence-corrected chi connectivity index (χ3v) is 5.13. The standard InChI is InChI=1S/C19H22N4O2.ClH/c1-12-9-17(24)18(22-23(12)16-5-3-2-4-6-16)19(25)21-15-10-13-7-8-14(11-15)20-13;/h2-6,9,13-15,20H,7-8,10-11H2,1H3,(H,21,25);1H. The van der Waals surface area contributed by atoms with E-state index in [2.05, 4.69) is 15.7 Å². The number of hydrogen-bond donors (Lipinski definition) is 2. The highest BCUT2D eigenvalue weighted by Gasteiger charge is 2.34. The molecule has 0 saturated carbocycles. The summed E-state index contributed by atoms with van der Waals surface area (Å²) in [5.74, 6) is -0.374. The molecule has 4 rings (SSSR count). The molecule has 2 atom stereocenters. The van der Waals surface area contributed by atoms with Gasteiger partial charge in [-0.1, -0.05) is 18.2 Å². The number of benzene rings is 1. The van der Waals surface area contributed by atoms with Crippen LogP contribution in [0.2, 0.25) is 0 Å². The van der Waals surface area contributed by atoms with Crippen molar-refractivity contribution >= 4 is 18.3 Å². The number of para-hydroxylation sites is 1. The number of rotatable bonds is 3. The molecule has 2 bridgehead atoms. The highest BCUT2D eigenvalue weighted by Crippen LogP contribution is 2.26. The molecule has 0 spiro atoms. The normalized spacial score (nSPS) is 24.0. The van der Waals surface area contributed by atoms with Gasteiger partial charge in [0.2, 0.25) is 5.43 Å². The summed E-state index contributed by atoms with van der Waals surface area (Å²) in [5, 5.41) is 10.9. The van der Waals surface area contributed by atoms with Crippen molar-refractivity contribution < 1.29 is 4.79 Å². The van der Waals surface area contributed by atoms with E-state index in [1.165, 1.54) is 18.9 Å². The van der Waals surface area contributed by atoms with Crippen LogP contribution < -0.4 is 16.1 Å². The SMILES string of the molecule is Cc1cc(=O)c(C(=O)NC2CC3CCC(C2)N3)nn1-c1ccccc1.Cl. The van der Waals surface area contributed by atoms with E-state index >= 15 is 0 Å². The molecule has 0 radical (unpaired) electrons. The number of nitrogens with zero attached hydrogens (tertiary/aromatic N) is 2. The fourth-order valence-electron chi connectivity index (χ4n) is 3.96. The van der Waals surface area contributed by atoms with Crippen molar-refractivity contribution in [2.75, 3.05) is 0 Å². The summed E-state index contributed by atoms with van der Waals surface area (Å²) >= 11 is 0. The van der Waals surface area contributed by atoms with E-state index in [-0.39, 0.29) is 35.5 Å². The van der Waals surface area contributed by atoms with Gasteiger partial charge in [0.25, 0.3) is 5.91 Å². The Morgan fingerprint density at radius 3 is 2.50 bits per heavy atom. The largest absolute Gasteiger partial charge is 0.348 e. The van der Waals surface area contributed by atoms with Crippen molar-refractivity contribution in [3.63, 3.8) is 0 Å². The van der Waals surface area contributed by atoms with Crippen molar-refractivity contribution in [1.29, 1.82) is 0 Å². The third-order valence-electron chi connectivity index (χ3n) is 5.13. The van der Waals surface area contributed by atoms with Gasteiger partial charge in [-0.15, -0.1) is 12.4 Å². The second kappa shape index (κ2) is 7.60. The number of aryl methyl sites for hydroxylation is 1. The molecule has 1 aromatic carbocycles. The van der Waals surface area contributed by atoms with Gasteiger partial charge >= 0.3 is 0 Å². The van der Waals surface area contributed by atoms with Crippen LogP contribution >= 0.6 is 12.4 Å². The first-order valence-corrected chi connectivity index (χ1v) is 8.83. The Morgan fingerprint density at radius 1 is 1.19 bits per heavy atom. The van der Waals surface area contributed by atoms with Gasteiger partial charge in [0, 0.05) is 29.9 Å². The first kappa shape index (κ1) is 18.6. The Balaban J connectivity index is 0.00000196. The van der Waals surface area contributed by atoms with E-state index in [1.54, 1.807) is 4.68 Å². The molecule has 6 nitrogen and oxygen atoms in total. The molecule has 2 unspecified atom stereocenters. The Labute approximate surface area is 158 Å². The molecule has 2 aliphatic rings. The Kier molecular flexibility index (Phi) is 5.44. The Bertz CT molecular complexity index is 840. The third kappa shape index (κ3) is 3.66. The first-order chi connectivity index (χ1) is 12.1. The van der Waals surface area contributed by atoms with Crippen LogP contribution in [0.25, 0.3) is 5.69 Å². The quantitative estimate of drug-likeness (QED) is 0.861. The van der Waals surface area contributed by atoms with Crippen LogP contribution in [0, 0.1) is 6.92 Å². The number of carbonyl (C=O) groups excluding carboxylic acids is 1. The number of piperidine rings is 1. The monoisotopic (exact) mass is 374 g/mol. The minimum atomic E-state index is -0.374. The molecule has 1 amide bonds. The molecular weight excluding hydrogens is 352 g/mol. The summed E-state index contributed by atoms with van der Waals surface area (Å²) in [5.41, 5.74) is 1.15. The molecule has 0 aliphatic carbocycles. The van der Waals surface area contributed by atoms with Gasteiger partial charge in [0.05, 0.1) is 5.69 Å². The minimum absolute atomic E-state index is 0. The lowest BCUT2D eigenvalue weighted by atomic mass is 10.00. The molecule has 2 aromatic rings. The van der Waals surface area contributed by atoms with E-state index in [0.717, 1.165) is 18.5 Å². The zero-order chi connectivity index (χ0) is 17.4. The number of halogens is 1. The second-order valence-electron chi connectivity index (χ2n) is 7.03. The Morgan fingerprint density at radius 2 is 1.85 bits per heavy atom. The van der Waals surface area contributed by atoms with Crippen LogP contribution in [0.15, 0.2) is 41.2 Å². The number of aromatic nitrogens is 2. The summed E-state index contributed by atoms with van der Waals surface area (Å²) < 4.78 is 1.64. The van der Waals surface area contributed by atoms with Gasteiger partial charge in [-0.05, 0) is 44.7 Å². The molecule has 2 fully saturated rings. The maximum Gasteiger partial charge on any atom is 0.276 e. The molecule has 2 aliphatic heterocycles. The van der Waals surface area contributed by atoms with Gasteiger partial charge in [0.15, 0.2) is 5.69 Å². The molecule has 2 N–H and O–H groups in total. The van der Waals surface area contributed by atoms with Crippen molar-refractivity contribution in [2.45, 2.75) is 50.7 Å². The average molecular weight is 375 g/mol. The Hall–Kier alpha value is -2.18. The molecule has 7 heteroatoms. The van der Waals surface area contributed by atoms with E-state index < -0.39 is 0 Å². The number of carbonyl (C=O) groups is 1. The number of nitrogens with one attached hydrogen (secondary N) is 2. The van der Waals surface area contributed by atoms with Crippen molar-refractivity contribution in [3.8, 4) is 5.69 Å². The van der Waals surface area contributed by atoms with E-state index in [0.29, 0.717) is 17.8 Å². The summed E-state index contributed by atoms with van der Waals surface area (Å²) in [7, 11) is 0. The molecule has 1 aromatic heterocycles. The summed E-state index contributed by atoms with van der Waals surface area (Å²) in [6, 6.07) is 12.1. The van der Waals surface area contributed by atoms with Crippen LogP contribution in [0.5, 0.6) is 0 Å². The van der Waals surface area contributed by atoms with E-state index in [1.807, 2.05) is 37.3 Å². The number of amides is 1. The van der Waals surface area contributed by atoms with Crippen LogP contribution in [-0.2, 0) is 0 Å². The number of fused-ring (bicyclic) bond motifs is 2. The van der Waals surface area contributed by atoms with Gasteiger partial charge in [-0.25, -0.2) is 4.68 Å². The molecule has 2 saturated heterocycles. The average Bonchev–Trinajstić information content (AvgIpc) is 2.94. The summed E-state index contributed by atoms with van der Waals surface area (Å²) in [6.45, 7) is 1.81. The van der Waals surface area contributed by atoms with E-state index in [4.69, 9.17) is 0 Å². The van der Waals surface area contributed by atoms with Crippen LogP contribution in [-0.4, -0.2) is 33.8 Å². The lowest BCUT2D eigenvalue weighted by molar-refractivity contribution is 0.0916. The zero-order valence-corrected chi connectivity index (χ0v) is 15.5. The fourth-order valence-corrected chi connectivity index (χ4v) is 3.96. The van der Waals surface area contributed by atoms with Crippen LogP contribution in [0.4, 0.5) is 0 Å². The van der Waals surface area contributed by atoms with Gasteiger partial charge < -0.3 is 10.6 Å². The van der Waals surface area contributed by atoms with Gasteiger partial charge in [-0.3, -0.25) is 9.59 Å². The predicted octanol–water partition coefficient (Wildman–Crippen LogP) is 1.98.